The first kappa shape index (κ1) is 16.6. The summed E-state index contributed by atoms with van der Waals surface area (Å²) in [5.74, 6) is -2.00. The smallest absolute Gasteiger partial charge is 0.238 e. The molecule has 6 atom stereocenters. The average Bonchev–Trinajstić information content (AvgIpc) is 2.48. The van der Waals surface area contributed by atoms with Gasteiger partial charge in [-0.15, -0.1) is 0 Å². The lowest BCUT2D eigenvalue weighted by molar-refractivity contribution is -0.108. The van der Waals surface area contributed by atoms with E-state index in [1.807, 2.05) is 30.3 Å². The molecule has 1 heterocycles. The van der Waals surface area contributed by atoms with Crippen molar-refractivity contribution >= 4 is 7.37 Å². The summed E-state index contributed by atoms with van der Waals surface area (Å²) in [6.07, 6.45) is -5.20. The molecule has 118 valence electrons. The predicted molar refractivity (Wildman–Crippen MR) is 73.7 cm³/mol. The molecule has 1 aliphatic rings. The van der Waals surface area contributed by atoms with Crippen LogP contribution in [0.1, 0.15) is 5.56 Å². The van der Waals surface area contributed by atoms with E-state index < -0.39 is 37.2 Å². The molecular weight excluding hydrogens is 299 g/mol. The van der Waals surface area contributed by atoms with E-state index >= 15 is 0 Å². The fourth-order valence-electron chi connectivity index (χ4n) is 2.32. The summed E-state index contributed by atoms with van der Waals surface area (Å²) >= 11 is 0. The van der Waals surface area contributed by atoms with Crippen LogP contribution in [0.4, 0.5) is 0 Å². The van der Waals surface area contributed by atoms with Crippen molar-refractivity contribution in [3.63, 3.8) is 0 Å². The summed E-state index contributed by atoms with van der Waals surface area (Å²) in [5.41, 5.74) is -0.508. The first-order chi connectivity index (χ1) is 9.85. The highest BCUT2D eigenvalue weighted by molar-refractivity contribution is 7.59. The molecule has 2 rings (SSSR count). The second-order valence-electron chi connectivity index (χ2n) is 5.13. The molecule has 1 aliphatic heterocycles. The Balaban J connectivity index is 2.02. The van der Waals surface area contributed by atoms with Crippen LogP contribution in [0.25, 0.3) is 0 Å². The molecule has 0 aliphatic carbocycles. The maximum atomic E-state index is 12.1. The van der Waals surface area contributed by atoms with E-state index in [1.165, 1.54) is 0 Å². The molecule has 0 aromatic heterocycles. The second-order valence-corrected chi connectivity index (χ2v) is 7.66. The quantitative estimate of drug-likeness (QED) is 0.462. The van der Waals surface area contributed by atoms with Crippen molar-refractivity contribution in [1.29, 1.82) is 0 Å². The van der Waals surface area contributed by atoms with Gasteiger partial charge in [0.2, 0.25) is 7.37 Å². The second kappa shape index (κ2) is 6.54. The molecule has 7 nitrogen and oxygen atoms in total. The van der Waals surface area contributed by atoms with Crippen molar-refractivity contribution in [2.24, 2.45) is 0 Å². The zero-order valence-electron chi connectivity index (χ0n) is 11.2. The summed E-state index contributed by atoms with van der Waals surface area (Å²) in [7, 11) is -4.29. The zero-order valence-corrected chi connectivity index (χ0v) is 12.1. The normalized spacial score (nSPS) is 40.1. The Labute approximate surface area is 121 Å². The van der Waals surface area contributed by atoms with Crippen LogP contribution >= 0.6 is 7.37 Å². The lowest BCUT2D eigenvalue weighted by atomic mass is 10.0. The largest absolute Gasteiger partial charge is 0.389 e. The molecule has 1 aromatic rings. The molecule has 21 heavy (non-hydrogen) atoms. The summed E-state index contributed by atoms with van der Waals surface area (Å²) in [6, 6.07) is 9.08. The van der Waals surface area contributed by atoms with Crippen LogP contribution in [0.15, 0.2) is 30.3 Å². The van der Waals surface area contributed by atoms with Crippen molar-refractivity contribution in [3.05, 3.63) is 35.9 Å². The van der Waals surface area contributed by atoms with Crippen molar-refractivity contribution in [3.8, 4) is 0 Å². The fraction of sp³-hybridized carbons (Fsp3) is 0.538. The Kier molecular flexibility index (Phi) is 5.16. The van der Waals surface area contributed by atoms with Crippen molar-refractivity contribution in [2.45, 2.75) is 36.4 Å². The molecule has 5 N–H and O–H groups in total. The zero-order chi connectivity index (χ0) is 15.6. The molecule has 1 aromatic carbocycles. The Morgan fingerprint density at radius 2 is 1.62 bits per heavy atom. The molecule has 8 heteroatoms. The topological polar surface area (TPSA) is 127 Å². The molecule has 0 saturated carbocycles. The lowest BCUT2D eigenvalue weighted by Crippen LogP contribution is -2.56. The minimum absolute atomic E-state index is 0.165. The molecule has 1 saturated heterocycles. The Morgan fingerprint density at radius 3 is 2.24 bits per heavy atom. The number of ether oxygens (including phenoxy) is 1. The van der Waals surface area contributed by atoms with Crippen LogP contribution in [0.2, 0.25) is 0 Å². The number of aliphatic hydroxyl groups is 4. The SMILES string of the molecule is O=P1(O)C(O)[C@@H](O)[C@@H](O)[C@H](O)[C@H]1COCc1ccccc1. The monoisotopic (exact) mass is 318 g/mol. The molecule has 0 radical (unpaired) electrons. The van der Waals surface area contributed by atoms with E-state index in [1.54, 1.807) is 0 Å². The Morgan fingerprint density at radius 1 is 1.00 bits per heavy atom. The highest BCUT2D eigenvalue weighted by Crippen LogP contribution is 2.56. The van der Waals surface area contributed by atoms with Gasteiger partial charge in [0.15, 0.2) is 5.85 Å². The van der Waals surface area contributed by atoms with Crippen LogP contribution in [0.3, 0.4) is 0 Å². The average molecular weight is 318 g/mol. The van der Waals surface area contributed by atoms with Gasteiger partial charge in [0, 0.05) is 0 Å². The van der Waals surface area contributed by atoms with Gasteiger partial charge in [-0.05, 0) is 5.56 Å². The number of hydrogen-bond acceptors (Lipinski definition) is 6. The molecule has 0 spiro atoms. The van der Waals surface area contributed by atoms with Crippen LogP contribution < -0.4 is 0 Å². The molecular formula is C13H19O7P. The van der Waals surface area contributed by atoms with Gasteiger partial charge >= 0.3 is 0 Å². The van der Waals surface area contributed by atoms with Crippen molar-refractivity contribution < 1.29 is 34.6 Å². The van der Waals surface area contributed by atoms with E-state index in [4.69, 9.17) is 4.74 Å². The maximum Gasteiger partial charge on any atom is 0.238 e. The first-order valence-corrected chi connectivity index (χ1v) is 8.31. The third-order valence-corrected chi connectivity index (χ3v) is 6.12. The van der Waals surface area contributed by atoms with E-state index in [0.29, 0.717) is 0 Å². The fourth-order valence-corrected chi connectivity index (χ4v) is 4.26. The third-order valence-electron chi connectivity index (χ3n) is 3.65. The van der Waals surface area contributed by atoms with E-state index in [9.17, 15) is 29.9 Å². The summed E-state index contributed by atoms with van der Waals surface area (Å²) in [4.78, 5) is 9.85. The Bertz CT molecular complexity index is 509. The third kappa shape index (κ3) is 3.35. The van der Waals surface area contributed by atoms with Crippen molar-refractivity contribution in [2.75, 3.05) is 6.61 Å². The number of benzene rings is 1. The molecule has 1 fully saturated rings. The van der Waals surface area contributed by atoms with E-state index in [0.717, 1.165) is 5.56 Å². The van der Waals surface area contributed by atoms with Crippen LogP contribution in [-0.2, 0) is 15.9 Å². The minimum atomic E-state index is -4.29. The number of rotatable bonds is 4. The van der Waals surface area contributed by atoms with E-state index in [-0.39, 0.29) is 13.2 Å². The summed E-state index contributed by atoms with van der Waals surface area (Å²) in [6.45, 7) is -0.149. The summed E-state index contributed by atoms with van der Waals surface area (Å²) in [5, 5.41) is 38.4. The Hall–Kier alpha value is -0.790. The van der Waals surface area contributed by atoms with Gasteiger partial charge in [0.1, 0.15) is 12.2 Å². The maximum absolute atomic E-state index is 12.1. The van der Waals surface area contributed by atoms with Gasteiger partial charge in [-0.2, -0.15) is 0 Å². The summed E-state index contributed by atoms with van der Waals surface area (Å²) < 4.78 is 17.4. The van der Waals surface area contributed by atoms with Crippen LogP contribution in [0.5, 0.6) is 0 Å². The number of hydrogen-bond donors (Lipinski definition) is 5. The first-order valence-electron chi connectivity index (χ1n) is 6.51. The molecule has 0 bridgehead atoms. The number of aliphatic hydroxyl groups excluding tert-OH is 4. The minimum Gasteiger partial charge on any atom is -0.389 e. The van der Waals surface area contributed by atoms with Gasteiger partial charge in [-0.3, -0.25) is 4.57 Å². The lowest BCUT2D eigenvalue weighted by Gasteiger charge is -2.41. The molecule has 2 unspecified atom stereocenters. The van der Waals surface area contributed by atoms with Gasteiger partial charge < -0.3 is 30.1 Å². The van der Waals surface area contributed by atoms with Gasteiger partial charge in [0.05, 0.1) is 25.0 Å². The van der Waals surface area contributed by atoms with Crippen molar-refractivity contribution in [1.82, 2.24) is 0 Å². The van der Waals surface area contributed by atoms with Crippen LogP contribution in [0, 0.1) is 0 Å². The predicted octanol–water partition coefficient (Wildman–Crippen LogP) is -0.743. The van der Waals surface area contributed by atoms with Gasteiger partial charge in [-0.25, -0.2) is 0 Å². The standard InChI is InChI=1S/C13H19O7P/c14-10-9(7-20-6-8-4-2-1-3-5-8)21(18,19)13(17)12(16)11(10)15/h1-5,9-17H,6-7H2,(H,18,19)/t9-,10-,11+,12+,13?/m1/s1. The van der Waals surface area contributed by atoms with Gasteiger partial charge in [0.25, 0.3) is 0 Å². The van der Waals surface area contributed by atoms with Gasteiger partial charge in [-0.1, -0.05) is 30.3 Å². The van der Waals surface area contributed by atoms with Crippen LogP contribution in [-0.4, -0.2) is 61.7 Å². The van der Waals surface area contributed by atoms with E-state index in [2.05, 4.69) is 0 Å². The molecule has 0 amide bonds. The highest BCUT2D eigenvalue weighted by Gasteiger charge is 2.55. The highest BCUT2D eigenvalue weighted by atomic mass is 31.2.